The van der Waals surface area contributed by atoms with Crippen molar-refractivity contribution >= 4 is 28.1 Å². The van der Waals surface area contributed by atoms with Crippen LogP contribution in [0.1, 0.15) is 13.8 Å². The predicted molar refractivity (Wildman–Crippen MR) is 80.4 cm³/mol. The molecule has 0 fully saturated rings. The molecule has 0 bridgehead atoms. The number of hydrogen-bond acceptors (Lipinski definition) is 6. The molecular formula is C11H18ClN3O5S. The van der Waals surface area contributed by atoms with Gasteiger partial charge in [-0.3, -0.25) is 10.1 Å². The van der Waals surface area contributed by atoms with Gasteiger partial charge in [-0.25, -0.2) is 13.1 Å². The molecule has 0 aliphatic rings. The van der Waals surface area contributed by atoms with Gasteiger partial charge in [0, 0.05) is 24.2 Å². The zero-order chi connectivity index (χ0) is 15.6. The maximum Gasteiger partial charge on any atom is 0.310 e. The summed E-state index contributed by atoms with van der Waals surface area (Å²) in [4.78, 5) is 9.97. The van der Waals surface area contributed by atoms with Crippen LogP contribution in [-0.4, -0.2) is 32.5 Å². The first kappa shape index (κ1) is 19.6. The third kappa shape index (κ3) is 5.46. The fourth-order valence-corrected chi connectivity index (χ4v) is 2.58. The van der Waals surface area contributed by atoms with E-state index < -0.39 is 20.5 Å². The maximum atomic E-state index is 12.0. The summed E-state index contributed by atoms with van der Waals surface area (Å²) >= 11 is 0. The maximum absolute atomic E-state index is 12.0. The molecule has 0 aromatic heterocycles. The van der Waals surface area contributed by atoms with E-state index in [0.29, 0.717) is 0 Å². The van der Waals surface area contributed by atoms with Gasteiger partial charge in [0.05, 0.1) is 16.9 Å². The second kappa shape index (κ2) is 7.03. The van der Waals surface area contributed by atoms with E-state index in [1.54, 1.807) is 13.8 Å². The molecule has 0 atom stereocenters. The molecule has 8 nitrogen and oxygen atoms in total. The number of rotatable bonds is 6. The van der Waals surface area contributed by atoms with Crippen LogP contribution in [0.25, 0.3) is 0 Å². The molecule has 0 saturated heterocycles. The highest BCUT2D eigenvalue weighted by Crippen LogP contribution is 2.29. The Morgan fingerprint density at radius 2 is 2.00 bits per heavy atom. The van der Waals surface area contributed by atoms with E-state index in [4.69, 9.17) is 10.5 Å². The molecule has 1 aromatic rings. The first-order chi connectivity index (χ1) is 9.07. The Kier molecular flexibility index (Phi) is 6.55. The molecule has 120 valence electrons. The highest BCUT2D eigenvalue weighted by molar-refractivity contribution is 7.89. The number of nitro groups is 1. The lowest BCUT2D eigenvalue weighted by atomic mass is 10.1. The summed E-state index contributed by atoms with van der Waals surface area (Å²) in [6.07, 6.45) is 0. The lowest BCUT2D eigenvalue weighted by Gasteiger charge is -2.19. The third-order valence-corrected chi connectivity index (χ3v) is 3.77. The number of hydrogen-bond donors (Lipinski definition) is 2. The van der Waals surface area contributed by atoms with Gasteiger partial charge >= 0.3 is 5.69 Å². The molecule has 0 unspecified atom stereocenters. The van der Waals surface area contributed by atoms with E-state index in [-0.39, 0.29) is 35.3 Å². The Hall–Kier alpha value is -1.42. The van der Waals surface area contributed by atoms with Crippen LogP contribution < -0.4 is 15.2 Å². The fourth-order valence-electron chi connectivity index (χ4n) is 1.34. The van der Waals surface area contributed by atoms with E-state index in [9.17, 15) is 18.5 Å². The first-order valence-electron chi connectivity index (χ1n) is 5.68. The van der Waals surface area contributed by atoms with Crippen molar-refractivity contribution < 1.29 is 18.1 Å². The molecule has 0 amide bonds. The van der Waals surface area contributed by atoms with Crippen molar-refractivity contribution in [1.82, 2.24) is 4.72 Å². The van der Waals surface area contributed by atoms with E-state index in [1.165, 1.54) is 7.11 Å². The van der Waals surface area contributed by atoms with Crippen LogP contribution >= 0.6 is 12.4 Å². The molecule has 1 rings (SSSR count). The van der Waals surface area contributed by atoms with Crippen LogP contribution in [0.2, 0.25) is 0 Å². The third-order valence-electron chi connectivity index (χ3n) is 2.38. The minimum atomic E-state index is -3.80. The van der Waals surface area contributed by atoms with Crippen LogP contribution in [0.3, 0.4) is 0 Å². The minimum absolute atomic E-state index is 0. The van der Waals surface area contributed by atoms with Crippen molar-refractivity contribution in [2.24, 2.45) is 5.73 Å². The number of sulfonamides is 1. The van der Waals surface area contributed by atoms with Crippen molar-refractivity contribution in [3.63, 3.8) is 0 Å². The highest BCUT2D eigenvalue weighted by atomic mass is 35.5. The van der Waals surface area contributed by atoms with Crippen LogP contribution in [0.15, 0.2) is 23.1 Å². The average molecular weight is 340 g/mol. The molecule has 0 spiro atoms. The second-order valence-corrected chi connectivity index (χ2v) is 6.67. The molecule has 0 heterocycles. The van der Waals surface area contributed by atoms with Crippen molar-refractivity contribution in [3.05, 3.63) is 28.3 Å². The van der Waals surface area contributed by atoms with Gasteiger partial charge in [0.2, 0.25) is 10.0 Å². The number of nitrogens with zero attached hydrogens (tertiary/aromatic N) is 1. The Balaban J connectivity index is 0.00000400. The van der Waals surface area contributed by atoms with Crippen molar-refractivity contribution in [2.45, 2.75) is 24.3 Å². The molecule has 10 heteroatoms. The average Bonchev–Trinajstić information content (AvgIpc) is 2.34. The van der Waals surface area contributed by atoms with Gasteiger partial charge in [-0.15, -0.1) is 12.4 Å². The van der Waals surface area contributed by atoms with Gasteiger partial charge in [0.25, 0.3) is 0 Å². The lowest BCUT2D eigenvalue weighted by molar-refractivity contribution is -0.385. The summed E-state index contributed by atoms with van der Waals surface area (Å²) < 4.78 is 31.2. The number of nitrogens with one attached hydrogen (secondary N) is 1. The monoisotopic (exact) mass is 339 g/mol. The SMILES string of the molecule is COc1cc(S(=O)(=O)NCC(C)(C)N)ccc1[N+](=O)[O-].Cl. The van der Waals surface area contributed by atoms with Gasteiger partial charge in [-0.1, -0.05) is 0 Å². The number of ether oxygens (including phenoxy) is 1. The topological polar surface area (TPSA) is 125 Å². The predicted octanol–water partition coefficient (Wildman–Crippen LogP) is 1.04. The lowest BCUT2D eigenvalue weighted by Crippen LogP contribution is -2.45. The summed E-state index contributed by atoms with van der Waals surface area (Å²) in [6, 6.07) is 3.33. The van der Waals surface area contributed by atoms with Crippen molar-refractivity contribution in [2.75, 3.05) is 13.7 Å². The van der Waals surface area contributed by atoms with Crippen LogP contribution in [0.5, 0.6) is 5.75 Å². The molecule has 0 aliphatic heterocycles. The summed E-state index contributed by atoms with van der Waals surface area (Å²) in [7, 11) is -2.57. The van der Waals surface area contributed by atoms with Crippen molar-refractivity contribution in [3.8, 4) is 5.75 Å². The van der Waals surface area contributed by atoms with Crippen LogP contribution in [0.4, 0.5) is 5.69 Å². The summed E-state index contributed by atoms with van der Waals surface area (Å²) in [5.74, 6) is -0.120. The van der Waals surface area contributed by atoms with Crippen LogP contribution in [-0.2, 0) is 10.0 Å². The van der Waals surface area contributed by atoms with E-state index in [0.717, 1.165) is 18.2 Å². The summed E-state index contributed by atoms with van der Waals surface area (Å²) in [5, 5.41) is 10.7. The number of halogens is 1. The van der Waals surface area contributed by atoms with Gasteiger partial charge in [-0.05, 0) is 19.9 Å². The Morgan fingerprint density at radius 3 is 2.43 bits per heavy atom. The van der Waals surface area contributed by atoms with Crippen molar-refractivity contribution in [1.29, 1.82) is 0 Å². The smallest absolute Gasteiger partial charge is 0.310 e. The molecular weight excluding hydrogens is 322 g/mol. The number of methoxy groups -OCH3 is 1. The van der Waals surface area contributed by atoms with E-state index in [2.05, 4.69) is 4.72 Å². The minimum Gasteiger partial charge on any atom is -0.490 e. The van der Waals surface area contributed by atoms with Gasteiger partial charge in [0.15, 0.2) is 5.75 Å². The number of nitro benzene ring substituents is 1. The standard InChI is InChI=1S/C11H17N3O5S.ClH/c1-11(2,12)7-13-20(17,18)8-4-5-9(14(15)16)10(6-8)19-3;/h4-6,13H,7,12H2,1-3H3;1H. The Morgan fingerprint density at radius 1 is 1.43 bits per heavy atom. The van der Waals surface area contributed by atoms with Gasteiger partial charge in [-0.2, -0.15) is 0 Å². The summed E-state index contributed by atoms with van der Waals surface area (Å²) in [6.45, 7) is 3.38. The summed E-state index contributed by atoms with van der Waals surface area (Å²) in [5.41, 5.74) is 4.69. The zero-order valence-electron chi connectivity index (χ0n) is 11.8. The first-order valence-corrected chi connectivity index (χ1v) is 7.16. The van der Waals surface area contributed by atoms with E-state index in [1.807, 2.05) is 0 Å². The highest BCUT2D eigenvalue weighted by Gasteiger charge is 2.22. The molecule has 21 heavy (non-hydrogen) atoms. The number of benzene rings is 1. The molecule has 0 radical (unpaired) electrons. The fraction of sp³-hybridized carbons (Fsp3) is 0.455. The molecule has 1 aromatic carbocycles. The molecule has 0 saturated carbocycles. The largest absolute Gasteiger partial charge is 0.490 e. The van der Waals surface area contributed by atoms with Gasteiger partial charge in [0.1, 0.15) is 0 Å². The molecule has 3 N–H and O–H groups in total. The Bertz CT molecular complexity index is 613. The quantitative estimate of drug-likeness (QED) is 0.589. The van der Waals surface area contributed by atoms with Crippen LogP contribution in [0, 0.1) is 10.1 Å². The van der Waals surface area contributed by atoms with Gasteiger partial charge < -0.3 is 10.5 Å². The number of nitrogens with two attached hydrogens (primary N) is 1. The Labute approximate surface area is 129 Å². The normalized spacial score (nSPS) is 11.6. The second-order valence-electron chi connectivity index (χ2n) is 4.90. The zero-order valence-corrected chi connectivity index (χ0v) is 13.5. The molecule has 0 aliphatic carbocycles. The van der Waals surface area contributed by atoms with E-state index >= 15 is 0 Å².